The number of carbonyl (C=O) groups is 1. The minimum Gasteiger partial charge on any atom is -0.328 e. The summed E-state index contributed by atoms with van der Waals surface area (Å²) in [4.78, 5) is 11.6. The van der Waals surface area contributed by atoms with Crippen LogP contribution in [0.1, 0.15) is 51.9 Å². The van der Waals surface area contributed by atoms with Gasteiger partial charge in [-0.3, -0.25) is 4.79 Å². The number of rotatable bonds is 4. The van der Waals surface area contributed by atoms with Crippen LogP contribution in [0.4, 0.5) is 0 Å². The average Bonchev–Trinajstić information content (AvgIpc) is 2.15. The standard InChI is InChI=1S/C11H21NO/c1-9(12)7-8-11(13)10-5-3-2-4-6-10/h9-10H,2-8,12H2,1H3/t9-/m0/s1. The number of ketones is 1. The van der Waals surface area contributed by atoms with E-state index < -0.39 is 0 Å². The first kappa shape index (κ1) is 10.7. The Labute approximate surface area is 80.9 Å². The molecule has 2 heteroatoms. The van der Waals surface area contributed by atoms with Gasteiger partial charge in [-0.15, -0.1) is 0 Å². The second-order valence-corrected chi connectivity index (χ2v) is 4.32. The van der Waals surface area contributed by atoms with Crippen molar-refractivity contribution in [2.75, 3.05) is 0 Å². The van der Waals surface area contributed by atoms with Gasteiger partial charge >= 0.3 is 0 Å². The lowest BCUT2D eigenvalue weighted by atomic mass is 9.84. The molecule has 0 heterocycles. The minimum atomic E-state index is 0.174. The number of nitrogens with two attached hydrogens (primary N) is 1. The van der Waals surface area contributed by atoms with E-state index in [1.807, 2.05) is 6.92 Å². The molecule has 0 aromatic carbocycles. The van der Waals surface area contributed by atoms with Crippen molar-refractivity contribution >= 4 is 5.78 Å². The van der Waals surface area contributed by atoms with E-state index in [0.717, 1.165) is 19.3 Å². The third-order valence-electron chi connectivity index (χ3n) is 2.91. The molecule has 1 aliphatic rings. The fourth-order valence-corrected chi connectivity index (χ4v) is 2.00. The van der Waals surface area contributed by atoms with Gasteiger partial charge in [0.25, 0.3) is 0 Å². The summed E-state index contributed by atoms with van der Waals surface area (Å²) in [6, 6.07) is 0.174. The van der Waals surface area contributed by atoms with Crippen LogP contribution in [0, 0.1) is 5.92 Å². The Hall–Kier alpha value is -0.370. The van der Waals surface area contributed by atoms with Crippen LogP contribution in [-0.4, -0.2) is 11.8 Å². The van der Waals surface area contributed by atoms with Gasteiger partial charge in [0, 0.05) is 18.4 Å². The van der Waals surface area contributed by atoms with E-state index in [1.165, 1.54) is 19.3 Å². The van der Waals surface area contributed by atoms with E-state index >= 15 is 0 Å². The number of carbonyl (C=O) groups excluding carboxylic acids is 1. The molecule has 1 fully saturated rings. The first-order valence-corrected chi connectivity index (χ1v) is 5.48. The highest BCUT2D eigenvalue weighted by Crippen LogP contribution is 2.25. The summed E-state index contributed by atoms with van der Waals surface area (Å²) in [6.07, 6.45) is 7.60. The fraction of sp³-hybridized carbons (Fsp3) is 0.909. The zero-order valence-corrected chi connectivity index (χ0v) is 8.59. The molecular formula is C11H21NO. The molecule has 0 bridgehead atoms. The van der Waals surface area contributed by atoms with Crippen LogP contribution in [-0.2, 0) is 4.79 Å². The lowest BCUT2D eigenvalue weighted by molar-refractivity contribution is -0.123. The highest BCUT2D eigenvalue weighted by atomic mass is 16.1. The normalized spacial score (nSPS) is 21.4. The quantitative estimate of drug-likeness (QED) is 0.726. The lowest BCUT2D eigenvalue weighted by Crippen LogP contribution is -2.21. The number of Topliss-reactive ketones (excluding diaryl/α,β-unsaturated/α-hetero) is 1. The van der Waals surface area contributed by atoms with Crippen molar-refractivity contribution in [3.63, 3.8) is 0 Å². The summed E-state index contributed by atoms with van der Waals surface area (Å²) in [7, 11) is 0. The molecule has 13 heavy (non-hydrogen) atoms. The average molecular weight is 183 g/mol. The molecule has 0 amide bonds. The van der Waals surface area contributed by atoms with Crippen LogP contribution in [0.15, 0.2) is 0 Å². The van der Waals surface area contributed by atoms with Crippen molar-refractivity contribution in [1.82, 2.24) is 0 Å². The van der Waals surface area contributed by atoms with Gasteiger partial charge in [-0.25, -0.2) is 0 Å². The van der Waals surface area contributed by atoms with E-state index in [4.69, 9.17) is 5.73 Å². The van der Waals surface area contributed by atoms with Crippen LogP contribution in [0.5, 0.6) is 0 Å². The van der Waals surface area contributed by atoms with E-state index in [-0.39, 0.29) is 6.04 Å². The predicted octanol–water partition coefficient (Wildman–Crippen LogP) is 2.26. The second kappa shape index (κ2) is 5.38. The zero-order chi connectivity index (χ0) is 9.68. The Morgan fingerprint density at radius 2 is 2.00 bits per heavy atom. The summed E-state index contributed by atoms with van der Waals surface area (Å²) in [6.45, 7) is 1.97. The zero-order valence-electron chi connectivity index (χ0n) is 8.59. The molecule has 1 aliphatic carbocycles. The second-order valence-electron chi connectivity index (χ2n) is 4.32. The van der Waals surface area contributed by atoms with E-state index in [9.17, 15) is 4.79 Å². The Bertz CT molecular complexity index is 159. The SMILES string of the molecule is C[C@H](N)CCC(=O)C1CCCCC1. The first-order valence-electron chi connectivity index (χ1n) is 5.48. The molecule has 76 valence electrons. The summed E-state index contributed by atoms with van der Waals surface area (Å²) >= 11 is 0. The molecule has 0 aliphatic heterocycles. The third kappa shape index (κ3) is 3.90. The molecule has 1 saturated carbocycles. The monoisotopic (exact) mass is 183 g/mol. The predicted molar refractivity (Wildman–Crippen MR) is 54.5 cm³/mol. The van der Waals surface area contributed by atoms with Crippen LogP contribution in [0.3, 0.4) is 0 Å². The molecule has 2 N–H and O–H groups in total. The first-order chi connectivity index (χ1) is 6.20. The van der Waals surface area contributed by atoms with Gasteiger partial charge in [-0.05, 0) is 26.2 Å². The smallest absolute Gasteiger partial charge is 0.136 e. The fourth-order valence-electron chi connectivity index (χ4n) is 2.00. The Morgan fingerprint density at radius 1 is 1.38 bits per heavy atom. The van der Waals surface area contributed by atoms with E-state index in [0.29, 0.717) is 18.1 Å². The molecule has 0 unspecified atom stereocenters. The van der Waals surface area contributed by atoms with Gasteiger partial charge in [-0.1, -0.05) is 19.3 Å². The van der Waals surface area contributed by atoms with Crippen molar-refractivity contribution in [3.05, 3.63) is 0 Å². The van der Waals surface area contributed by atoms with Crippen molar-refractivity contribution in [3.8, 4) is 0 Å². The van der Waals surface area contributed by atoms with Crippen molar-refractivity contribution in [2.45, 2.75) is 57.9 Å². The molecule has 0 radical (unpaired) electrons. The summed E-state index contributed by atoms with van der Waals surface area (Å²) in [5.74, 6) is 0.824. The maximum atomic E-state index is 11.6. The maximum absolute atomic E-state index is 11.6. The van der Waals surface area contributed by atoms with Crippen LogP contribution >= 0.6 is 0 Å². The Morgan fingerprint density at radius 3 is 2.54 bits per heavy atom. The van der Waals surface area contributed by atoms with Gasteiger partial charge in [0.2, 0.25) is 0 Å². The molecule has 0 aromatic heterocycles. The van der Waals surface area contributed by atoms with Crippen molar-refractivity contribution in [1.29, 1.82) is 0 Å². The van der Waals surface area contributed by atoms with Gasteiger partial charge in [0.05, 0.1) is 0 Å². The Kier molecular flexibility index (Phi) is 4.43. The topological polar surface area (TPSA) is 43.1 Å². The molecule has 1 atom stereocenters. The number of hydrogen-bond acceptors (Lipinski definition) is 2. The van der Waals surface area contributed by atoms with Gasteiger partial charge in [0.1, 0.15) is 5.78 Å². The molecular weight excluding hydrogens is 162 g/mol. The highest BCUT2D eigenvalue weighted by molar-refractivity contribution is 5.81. The highest BCUT2D eigenvalue weighted by Gasteiger charge is 2.20. The Balaban J connectivity index is 2.21. The van der Waals surface area contributed by atoms with Crippen molar-refractivity contribution in [2.24, 2.45) is 11.7 Å². The molecule has 2 nitrogen and oxygen atoms in total. The largest absolute Gasteiger partial charge is 0.328 e. The maximum Gasteiger partial charge on any atom is 0.136 e. The van der Waals surface area contributed by atoms with Crippen LogP contribution in [0.25, 0.3) is 0 Å². The minimum absolute atomic E-state index is 0.174. The summed E-state index contributed by atoms with van der Waals surface area (Å²) in [5.41, 5.74) is 5.62. The van der Waals surface area contributed by atoms with E-state index in [2.05, 4.69) is 0 Å². The lowest BCUT2D eigenvalue weighted by Gasteiger charge is -2.20. The summed E-state index contributed by atoms with van der Waals surface area (Å²) in [5, 5.41) is 0. The van der Waals surface area contributed by atoms with Crippen LogP contribution in [0.2, 0.25) is 0 Å². The molecule has 1 rings (SSSR count). The van der Waals surface area contributed by atoms with E-state index in [1.54, 1.807) is 0 Å². The summed E-state index contributed by atoms with van der Waals surface area (Å²) < 4.78 is 0. The van der Waals surface area contributed by atoms with Gasteiger partial charge in [0.15, 0.2) is 0 Å². The van der Waals surface area contributed by atoms with Crippen LogP contribution < -0.4 is 5.73 Å². The molecule has 0 spiro atoms. The molecule has 0 saturated heterocycles. The van der Waals surface area contributed by atoms with Gasteiger partial charge in [-0.2, -0.15) is 0 Å². The van der Waals surface area contributed by atoms with Gasteiger partial charge < -0.3 is 5.73 Å². The molecule has 0 aromatic rings. The third-order valence-corrected chi connectivity index (χ3v) is 2.91. The number of hydrogen-bond donors (Lipinski definition) is 1. The van der Waals surface area contributed by atoms with Crippen molar-refractivity contribution < 1.29 is 4.79 Å².